The van der Waals surface area contributed by atoms with Gasteiger partial charge in [0.15, 0.2) is 0 Å². The lowest BCUT2D eigenvalue weighted by Gasteiger charge is -2.40. The van der Waals surface area contributed by atoms with Crippen molar-refractivity contribution < 1.29 is 0 Å². The molecule has 0 bridgehead atoms. The highest BCUT2D eigenvalue weighted by Crippen LogP contribution is 2.26. The minimum Gasteiger partial charge on any atom is -0.307 e. The fourth-order valence-corrected chi connectivity index (χ4v) is 3.14. The lowest BCUT2D eigenvalue weighted by Crippen LogP contribution is -2.48. The lowest BCUT2D eigenvalue weighted by molar-refractivity contribution is 0.0912. The normalized spacial score (nSPS) is 18.4. The monoisotopic (exact) mass is 298 g/mol. The topological polar surface area (TPSA) is 15.3 Å². The molecule has 0 saturated heterocycles. The summed E-state index contributed by atoms with van der Waals surface area (Å²) < 4.78 is 0. The van der Waals surface area contributed by atoms with E-state index < -0.39 is 0 Å². The third kappa shape index (κ3) is 11.2. The first-order chi connectivity index (χ1) is 9.22. The Labute approximate surface area is 135 Å². The number of rotatable bonds is 1. The van der Waals surface area contributed by atoms with Gasteiger partial charge in [0.25, 0.3) is 0 Å². The molecule has 128 valence electrons. The Hall–Kier alpha value is -0.0800. The second kappa shape index (κ2) is 7.97. The molecule has 0 radical (unpaired) electrons. The van der Waals surface area contributed by atoms with Gasteiger partial charge in [-0.15, -0.1) is 0 Å². The number of hydrogen-bond donors (Lipinski definition) is 1. The molecule has 0 aromatic rings. The van der Waals surface area contributed by atoms with Gasteiger partial charge in [0.1, 0.15) is 0 Å². The van der Waals surface area contributed by atoms with E-state index in [1.807, 2.05) is 0 Å². The Morgan fingerprint density at radius 2 is 1.10 bits per heavy atom. The molecular formula is C19H42N2. The molecule has 2 nitrogen and oxygen atoms in total. The van der Waals surface area contributed by atoms with Gasteiger partial charge in [0, 0.05) is 22.7 Å². The van der Waals surface area contributed by atoms with Crippen molar-refractivity contribution in [3.05, 3.63) is 0 Å². The SMILES string of the molecule is CC(C)(C)NC(C)(C)C.CN(C1CCCCC1)C(C)(C)C. The van der Waals surface area contributed by atoms with Crippen molar-refractivity contribution in [2.75, 3.05) is 7.05 Å². The first kappa shape index (κ1) is 20.9. The average Bonchev–Trinajstić information content (AvgIpc) is 2.24. The Kier molecular flexibility index (Phi) is 7.94. The van der Waals surface area contributed by atoms with Gasteiger partial charge >= 0.3 is 0 Å². The molecule has 0 spiro atoms. The van der Waals surface area contributed by atoms with Gasteiger partial charge in [-0.25, -0.2) is 0 Å². The lowest BCUT2D eigenvalue weighted by atomic mass is 9.91. The Morgan fingerprint density at radius 3 is 1.33 bits per heavy atom. The van der Waals surface area contributed by atoms with Crippen LogP contribution in [0.25, 0.3) is 0 Å². The van der Waals surface area contributed by atoms with Gasteiger partial charge in [-0.05, 0) is 82.2 Å². The van der Waals surface area contributed by atoms with Gasteiger partial charge < -0.3 is 5.32 Å². The quantitative estimate of drug-likeness (QED) is 0.713. The minimum atomic E-state index is 0.234. The molecule has 1 N–H and O–H groups in total. The van der Waals surface area contributed by atoms with Gasteiger partial charge in [0.2, 0.25) is 0 Å². The van der Waals surface area contributed by atoms with Crippen molar-refractivity contribution in [3.8, 4) is 0 Å². The molecule has 0 unspecified atom stereocenters. The molecule has 0 atom stereocenters. The second-order valence-electron chi connectivity index (χ2n) is 9.70. The number of nitrogens with zero attached hydrogens (tertiary/aromatic N) is 1. The van der Waals surface area contributed by atoms with E-state index in [-0.39, 0.29) is 11.1 Å². The highest BCUT2D eigenvalue weighted by Gasteiger charge is 2.26. The minimum absolute atomic E-state index is 0.234. The largest absolute Gasteiger partial charge is 0.307 e. The Morgan fingerprint density at radius 1 is 0.714 bits per heavy atom. The summed E-state index contributed by atoms with van der Waals surface area (Å²) in [7, 11) is 2.27. The van der Waals surface area contributed by atoms with Crippen LogP contribution in [0.5, 0.6) is 0 Å². The zero-order valence-corrected chi connectivity index (χ0v) is 16.6. The van der Waals surface area contributed by atoms with Crippen molar-refractivity contribution in [3.63, 3.8) is 0 Å². The summed E-state index contributed by atoms with van der Waals surface area (Å²) in [5, 5.41) is 3.46. The van der Waals surface area contributed by atoms with Crippen LogP contribution in [0.15, 0.2) is 0 Å². The van der Waals surface area contributed by atoms with Crippen molar-refractivity contribution in [2.24, 2.45) is 0 Å². The van der Waals surface area contributed by atoms with Gasteiger partial charge in [-0.1, -0.05) is 19.3 Å². The smallest absolute Gasteiger partial charge is 0.0124 e. The summed E-state index contributed by atoms with van der Waals surface area (Å²) in [4.78, 5) is 2.55. The maximum Gasteiger partial charge on any atom is 0.0124 e. The zero-order chi connectivity index (χ0) is 16.9. The highest BCUT2D eigenvalue weighted by molar-refractivity contribution is 4.82. The zero-order valence-electron chi connectivity index (χ0n) is 16.6. The standard InChI is InChI=1S/C11H23N.C8H19N/c1-11(2,3)12(4)10-8-6-5-7-9-10;1-7(2,3)9-8(4,5)6/h10H,5-9H2,1-4H3;9H,1-6H3. The van der Waals surface area contributed by atoms with E-state index >= 15 is 0 Å². The summed E-state index contributed by atoms with van der Waals surface area (Å²) in [6.45, 7) is 20.0. The highest BCUT2D eigenvalue weighted by atomic mass is 15.2. The molecule has 1 aliphatic rings. The van der Waals surface area contributed by atoms with E-state index in [0.29, 0.717) is 5.54 Å². The fraction of sp³-hybridized carbons (Fsp3) is 1.00. The summed E-state index contributed by atoms with van der Waals surface area (Å²) >= 11 is 0. The van der Waals surface area contributed by atoms with E-state index in [9.17, 15) is 0 Å². The van der Waals surface area contributed by atoms with Crippen molar-refractivity contribution in [1.82, 2.24) is 10.2 Å². The van der Waals surface area contributed by atoms with Crippen LogP contribution in [-0.2, 0) is 0 Å². The molecule has 0 aliphatic heterocycles. The summed E-state index contributed by atoms with van der Waals surface area (Å²) in [5.74, 6) is 0. The molecule has 0 aromatic carbocycles. The molecule has 0 aromatic heterocycles. The molecule has 2 heteroatoms. The first-order valence-corrected chi connectivity index (χ1v) is 8.75. The summed E-state index contributed by atoms with van der Waals surface area (Å²) in [6, 6.07) is 0.846. The molecule has 21 heavy (non-hydrogen) atoms. The van der Waals surface area contributed by atoms with E-state index in [1.165, 1.54) is 32.1 Å². The molecule has 1 aliphatic carbocycles. The van der Waals surface area contributed by atoms with Crippen molar-refractivity contribution in [1.29, 1.82) is 0 Å². The van der Waals surface area contributed by atoms with Gasteiger partial charge in [-0.3, -0.25) is 4.90 Å². The number of hydrogen-bond acceptors (Lipinski definition) is 2. The van der Waals surface area contributed by atoms with E-state index in [1.54, 1.807) is 0 Å². The molecule has 1 saturated carbocycles. The summed E-state index contributed by atoms with van der Waals surface area (Å²) in [6.07, 6.45) is 7.15. The Balaban J connectivity index is 0.000000400. The number of nitrogens with one attached hydrogen (secondary N) is 1. The maximum absolute atomic E-state index is 3.46. The molecule has 1 fully saturated rings. The van der Waals surface area contributed by atoms with Gasteiger partial charge in [0.05, 0.1) is 0 Å². The second-order valence-corrected chi connectivity index (χ2v) is 9.70. The van der Waals surface area contributed by atoms with Gasteiger partial charge in [-0.2, -0.15) is 0 Å². The first-order valence-electron chi connectivity index (χ1n) is 8.75. The fourth-order valence-electron chi connectivity index (χ4n) is 3.14. The average molecular weight is 299 g/mol. The van der Waals surface area contributed by atoms with E-state index in [0.717, 1.165) is 6.04 Å². The van der Waals surface area contributed by atoms with Crippen LogP contribution in [0.4, 0.5) is 0 Å². The third-order valence-corrected chi connectivity index (χ3v) is 3.93. The van der Waals surface area contributed by atoms with Crippen LogP contribution >= 0.6 is 0 Å². The van der Waals surface area contributed by atoms with Crippen LogP contribution in [0.3, 0.4) is 0 Å². The van der Waals surface area contributed by atoms with Crippen LogP contribution in [0.2, 0.25) is 0 Å². The van der Waals surface area contributed by atoms with Crippen molar-refractivity contribution >= 4 is 0 Å². The molecule has 0 heterocycles. The predicted molar refractivity (Wildman–Crippen MR) is 97.0 cm³/mol. The predicted octanol–water partition coefficient (Wildman–Crippen LogP) is 5.22. The Bertz CT molecular complexity index is 257. The summed E-state index contributed by atoms with van der Waals surface area (Å²) in [5.41, 5.74) is 0.818. The molecule has 0 amide bonds. The van der Waals surface area contributed by atoms with Crippen molar-refractivity contribution in [2.45, 2.75) is 117 Å². The van der Waals surface area contributed by atoms with Crippen LogP contribution in [-0.4, -0.2) is 34.6 Å². The van der Waals surface area contributed by atoms with E-state index in [4.69, 9.17) is 0 Å². The molecular weight excluding hydrogens is 256 g/mol. The molecule has 1 rings (SSSR count). The van der Waals surface area contributed by atoms with E-state index in [2.05, 4.69) is 79.6 Å². The maximum atomic E-state index is 3.46. The van der Waals surface area contributed by atoms with Crippen LogP contribution in [0, 0.1) is 0 Å². The van der Waals surface area contributed by atoms with Crippen LogP contribution < -0.4 is 5.32 Å². The third-order valence-electron chi connectivity index (χ3n) is 3.93. The van der Waals surface area contributed by atoms with Crippen LogP contribution in [0.1, 0.15) is 94.4 Å².